The molecule has 1 aliphatic rings. The summed E-state index contributed by atoms with van der Waals surface area (Å²) < 4.78 is 5.62. The van der Waals surface area contributed by atoms with E-state index in [0.717, 1.165) is 0 Å². The molecular formula is C17H26ClN3O3. The average Bonchev–Trinajstić information content (AvgIpc) is 2.50. The molecule has 134 valence electrons. The van der Waals surface area contributed by atoms with Crippen LogP contribution in [0.25, 0.3) is 0 Å². The Balaban J connectivity index is 0.00000288. The standard InChI is InChI=1S/C17H25N3O3.ClH/c1-17(2,3)16(22)20-9-10-23-14-6-5-12(11-13(14)20)19-15(21)7-8-18-4;/h5-6,11,18H,7-10H2,1-4H3,(H,19,21);1H. The van der Waals surface area contributed by atoms with Crippen molar-refractivity contribution in [1.29, 1.82) is 0 Å². The van der Waals surface area contributed by atoms with Crippen molar-refractivity contribution in [3.63, 3.8) is 0 Å². The van der Waals surface area contributed by atoms with Crippen molar-refractivity contribution < 1.29 is 14.3 Å². The Morgan fingerprint density at radius 3 is 2.62 bits per heavy atom. The van der Waals surface area contributed by atoms with Crippen LogP contribution >= 0.6 is 12.4 Å². The second-order valence-electron chi connectivity index (χ2n) is 6.64. The second-order valence-corrected chi connectivity index (χ2v) is 6.64. The third kappa shape index (κ3) is 4.85. The van der Waals surface area contributed by atoms with Crippen molar-refractivity contribution in [2.24, 2.45) is 5.41 Å². The van der Waals surface area contributed by atoms with Gasteiger partial charge in [-0.3, -0.25) is 9.59 Å². The Morgan fingerprint density at radius 2 is 2.00 bits per heavy atom. The van der Waals surface area contributed by atoms with Crippen molar-refractivity contribution in [3.05, 3.63) is 18.2 Å². The molecule has 0 fully saturated rings. The smallest absolute Gasteiger partial charge is 0.232 e. The molecule has 2 amide bonds. The Kier molecular flexibility index (Phi) is 7.05. The SMILES string of the molecule is CNCCC(=O)Nc1ccc2c(c1)N(C(=O)C(C)(C)C)CCO2.Cl. The molecule has 7 heteroatoms. The molecule has 0 radical (unpaired) electrons. The highest BCUT2D eigenvalue weighted by Gasteiger charge is 2.31. The lowest BCUT2D eigenvalue weighted by Crippen LogP contribution is -2.44. The van der Waals surface area contributed by atoms with E-state index in [1.807, 2.05) is 20.8 Å². The molecule has 0 aliphatic carbocycles. The monoisotopic (exact) mass is 355 g/mol. The van der Waals surface area contributed by atoms with Crippen LogP contribution in [0, 0.1) is 5.41 Å². The number of carbonyl (C=O) groups is 2. The van der Waals surface area contributed by atoms with Crippen molar-refractivity contribution in [3.8, 4) is 5.75 Å². The summed E-state index contributed by atoms with van der Waals surface area (Å²) in [6.45, 7) is 7.30. The zero-order valence-electron chi connectivity index (χ0n) is 14.6. The molecule has 6 nitrogen and oxygen atoms in total. The number of amides is 2. The number of rotatable bonds is 4. The van der Waals surface area contributed by atoms with Crippen LogP contribution in [0.15, 0.2) is 18.2 Å². The van der Waals surface area contributed by atoms with E-state index in [0.29, 0.717) is 43.2 Å². The van der Waals surface area contributed by atoms with Gasteiger partial charge in [0.25, 0.3) is 0 Å². The molecule has 0 unspecified atom stereocenters. The van der Waals surface area contributed by atoms with Crippen LogP contribution < -0.4 is 20.3 Å². The number of ether oxygens (including phenoxy) is 1. The zero-order chi connectivity index (χ0) is 17.0. The Bertz CT molecular complexity index is 599. The van der Waals surface area contributed by atoms with Gasteiger partial charge in [-0.25, -0.2) is 0 Å². The summed E-state index contributed by atoms with van der Waals surface area (Å²) in [6.07, 6.45) is 0.398. The maximum atomic E-state index is 12.6. The quantitative estimate of drug-likeness (QED) is 0.870. The molecule has 24 heavy (non-hydrogen) atoms. The number of nitrogens with zero attached hydrogens (tertiary/aromatic N) is 1. The summed E-state index contributed by atoms with van der Waals surface area (Å²) in [4.78, 5) is 26.2. The highest BCUT2D eigenvalue weighted by Crippen LogP contribution is 2.36. The minimum atomic E-state index is -0.472. The van der Waals surface area contributed by atoms with E-state index in [-0.39, 0.29) is 24.2 Å². The van der Waals surface area contributed by atoms with Crippen LogP contribution in [0.5, 0.6) is 5.75 Å². The Morgan fingerprint density at radius 1 is 1.29 bits per heavy atom. The first-order chi connectivity index (χ1) is 10.8. The first-order valence-corrected chi connectivity index (χ1v) is 7.86. The first kappa shape index (κ1) is 20.3. The second kappa shape index (κ2) is 8.35. The predicted octanol–water partition coefficient (Wildman–Crippen LogP) is 2.43. The van der Waals surface area contributed by atoms with Crippen molar-refractivity contribution in [2.45, 2.75) is 27.2 Å². The van der Waals surface area contributed by atoms with Crippen LogP contribution in [0.2, 0.25) is 0 Å². The van der Waals surface area contributed by atoms with E-state index < -0.39 is 5.41 Å². The summed E-state index contributed by atoms with van der Waals surface area (Å²) in [5, 5.41) is 5.79. The van der Waals surface area contributed by atoms with Crippen molar-refractivity contribution in [2.75, 3.05) is 37.0 Å². The number of anilines is 2. The van der Waals surface area contributed by atoms with Gasteiger partial charge in [0.05, 0.1) is 12.2 Å². The molecule has 1 aliphatic heterocycles. The fourth-order valence-corrected chi connectivity index (χ4v) is 2.37. The largest absolute Gasteiger partial charge is 0.490 e. The lowest BCUT2D eigenvalue weighted by molar-refractivity contribution is -0.126. The summed E-state index contributed by atoms with van der Waals surface area (Å²) in [6, 6.07) is 5.39. The van der Waals surface area contributed by atoms with Crippen LogP contribution in [0.3, 0.4) is 0 Å². The lowest BCUT2D eigenvalue weighted by Gasteiger charge is -2.34. The van der Waals surface area contributed by atoms with E-state index in [1.165, 1.54) is 0 Å². The summed E-state index contributed by atoms with van der Waals surface area (Å²) in [7, 11) is 1.81. The fraction of sp³-hybridized carbons (Fsp3) is 0.529. The molecule has 2 N–H and O–H groups in total. The molecule has 1 aromatic rings. The van der Waals surface area contributed by atoms with Gasteiger partial charge in [-0.05, 0) is 25.2 Å². The van der Waals surface area contributed by atoms with Gasteiger partial charge in [0.1, 0.15) is 12.4 Å². The van der Waals surface area contributed by atoms with E-state index >= 15 is 0 Å². The van der Waals surface area contributed by atoms with Gasteiger partial charge < -0.3 is 20.3 Å². The number of hydrogen-bond acceptors (Lipinski definition) is 4. The zero-order valence-corrected chi connectivity index (χ0v) is 15.5. The maximum absolute atomic E-state index is 12.6. The third-order valence-corrected chi connectivity index (χ3v) is 3.59. The predicted molar refractivity (Wildman–Crippen MR) is 98.2 cm³/mol. The normalized spacial score (nSPS) is 13.4. The number of benzene rings is 1. The molecule has 0 spiro atoms. The van der Waals surface area contributed by atoms with E-state index in [1.54, 1.807) is 30.1 Å². The molecule has 0 atom stereocenters. The lowest BCUT2D eigenvalue weighted by atomic mass is 9.94. The molecule has 0 saturated heterocycles. The minimum absolute atomic E-state index is 0. The molecule has 1 heterocycles. The summed E-state index contributed by atoms with van der Waals surface area (Å²) in [5.74, 6) is 0.646. The van der Waals surface area contributed by atoms with Gasteiger partial charge in [0.2, 0.25) is 11.8 Å². The van der Waals surface area contributed by atoms with Gasteiger partial charge in [-0.2, -0.15) is 0 Å². The van der Waals surface area contributed by atoms with E-state index in [9.17, 15) is 9.59 Å². The number of hydrogen-bond donors (Lipinski definition) is 2. The Labute approximate surface area is 149 Å². The van der Waals surface area contributed by atoms with E-state index in [2.05, 4.69) is 10.6 Å². The minimum Gasteiger partial charge on any atom is -0.490 e. The summed E-state index contributed by atoms with van der Waals surface area (Å²) in [5.41, 5.74) is 0.908. The number of carbonyl (C=O) groups excluding carboxylic acids is 2. The van der Waals surface area contributed by atoms with Gasteiger partial charge in [0, 0.05) is 24.1 Å². The van der Waals surface area contributed by atoms with Gasteiger partial charge in [-0.15, -0.1) is 12.4 Å². The number of fused-ring (bicyclic) bond motifs is 1. The molecule has 1 aromatic carbocycles. The molecule has 0 aromatic heterocycles. The highest BCUT2D eigenvalue weighted by atomic mass is 35.5. The molecule has 0 saturated carbocycles. The van der Waals surface area contributed by atoms with Crippen molar-refractivity contribution >= 4 is 35.6 Å². The third-order valence-electron chi connectivity index (χ3n) is 3.59. The van der Waals surface area contributed by atoms with E-state index in [4.69, 9.17) is 4.74 Å². The molecule has 0 bridgehead atoms. The molecule has 2 rings (SSSR count). The van der Waals surface area contributed by atoms with Crippen LogP contribution in [-0.4, -0.2) is 38.6 Å². The van der Waals surface area contributed by atoms with Crippen LogP contribution in [0.4, 0.5) is 11.4 Å². The highest BCUT2D eigenvalue weighted by molar-refractivity contribution is 6.00. The molecular weight excluding hydrogens is 330 g/mol. The van der Waals surface area contributed by atoms with Gasteiger partial charge in [0.15, 0.2) is 0 Å². The maximum Gasteiger partial charge on any atom is 0.232 e. The van der Waals surface area contributed by atoms with Crippen LogP contribution in [-0.2, 0) is 9.59 Å². The summed E-state index contributed by atoms with van der Waals surface area (Å²) >= 11 is 0. The first-order valence-electron chi connectivity index (χ1n) is 7.86. The van der Waals surface area contributed by atoms with Crippen molar-refractivity contribution in [1.82, 2.24) is 5.32 Å². The number of nitrogens with one attached hydrogen (secondary N) is 2. The van der Waals surface area contributed by atoms with Gasteiger partial charge >= 0.3 is 0 Å². The van der Waals surface area contributed by atoms with Gasteiger partial charge in [-0.1, -0.05) is 20.8 Å². The Hall–Kier alpha value is -1.79. The van der Waals surface area contributed by atoms with Crippen LogP contribution in [0.1, 0.15) is 27.2 Å². The number of halogens is 1. The fourth-order valence-electron chi connectivity index (χ4n) is 2.37. The average molecular weight is 356 g/mol. The topological polar surface area (TPSA) is 70.7 Å².